The van der Waals surface area contributed by atoms with Gasteiger partial charge < -0.3 is 9.80 Å². The molecule has 0 N–H and O–H groups in total. The molecule has 0 spiro atoms. The Balaban J connectivity index is 1.64. The van der Waals surface area contributed by atoms with Crippen LogP contribution < -0.4 is 4.90 Å². The van der Waals surface area contributed by atoms with E-state index in [1.54, 1.807) is 21.6 Å². The van der Waals surface area contributed by atoms with E-state index in [9.17, 15) is 22.8 Å². The molecule has 0 radical (unpaired) electrons. The van der Waals surface area contributed by atoms with Crippen molar-refractivity contribution < 1.29 is 22.8 Å². The van der Waals surface area contributed by atoms with Gasteiger partial charge in [-0.2, -0.15) is 13.2 Å². The van der Waals surface area contributed by atoms with Crippen LogP contribution in [-0.4, -0.2) is 39.9 Å². The summed E-state index contributed by atoms with van der Waals surface area (Å²) in [5.41, 5.74) is 0.393. The number of fused-ring (bicyclic) bond motifs is 2. The van der Waals surface area contributed by atoms with Gasteiger partial charge in [0.1, 0.15) is 6.04 Å². The summed E-state index contributed by atoms with van der Waals surface area (Å²) in [5, 5.41) is 0. The zero-order chi connectivity index (χ0) is 18.7. The summed E-state index contributed by atoms with van der Waals surface area (Å²) >= 11 is 1.62. The number of benzene rings is 1. The predicted octanol–water partition coefficient (Wildman–Crippen LogP) is 3.44. The fourth-order valence-electron chi connectivity index (χ4n) is 4.19. The third-order valence-electron chi connectivity index (χ3n) is 5.52. The molecule has 2 saturated heterocycles. The normalized spacial score (nSPS) is 28.3. The van der Waals surface area contributed by atoms with E-state index in [0.29, 0.717) is 42.8 Å². The molecule has 1 aromatic rings. The molecule has 3 heterocycles. The maximum atomic E-state index is 13.2. The van der Waals surface area contributed by atoms with Crippen LogP contribution in [0.4, 0.5) is 18.9 Å². The van der Waals surface area contributed by atoms with Crippen molar-refractivity contribution in [2.45, 2.75) is 49.7 Å². The topological polar surface area (TPSA) is 40.6 Å². The van der Waals surface area contributed by atoms with Gasteiger partial charge in [0, 0.05) is 24.4 Å². The van der Waals surface area contributed by atoms with Gasteiger partial charge in [-0.15, -0.1) is 11.8 Å². The molecular formula is C18H19F3N2O2S. The number of nitrogens with zero attached hydrogens (tertiary/aromatic N) is 2. The third kappa shape index (κ3) is 2.69. The van der Waals surface area contributed by atoms with E-state index in [1.807, 2.05) is 6.92 Å². The third-order valence-corrected chi connectivity index (χ3v) is 7.03. The first-order valence-electron chi connectivity index (χ1n) is 8.68. The number of anilines is 1. The molecular weight excluding hydrogens is 365 g/mol. The summed E-state index contributed by atoms with van der Waals surface area (Å²) in [7, 11) is 0. The van der Waals surface area contributed by atoms with Crippen LogP contribution in [0.15, 0.2) is 18.2 Å². The van der Waals surface area contributed by atoms with Gasteiger partial charge in [-0.1, -0.05) is 0 Å². The second kappa shape index (κ2) is 5.90. The van der Waals surface area contributed by atoms with Crippen molar-refractivity contribution >= 4 is 29.3 Å². The van der Waals surface area contributed by atoms with E-state index in [1.165, 1.54) is 6.07 Å². The molecule has 2 amide bonds. The second-order valence-electron chi connectivity index (χ2n) is 7.20. The number of carbonyl (C=O) groups is 2. The van der Waals surface area contributed by atoms with Gasteiger partial charge in [0.15, 0.2) is 0 Å². The number of rotatable bonds is 1. The van der Waals surface area contributed by atoms with Gasteiger partial charge in [-0.3, -0.25) is 9.59 Å². The molecule has 1 aromatic carbocycles. The number of hydrogen-bond donors (Lipinski definition) is 0. The Kier molecular flexibility index (Phi) is 4.02. The lowest BCUT2D eigenvalue weighted by Gasteiger charge is -2.35. The average molecular weight is 384 g/mol. The van der Waals surface area contributed by atoms with Gasteiger partial charge in [-0.05, 0) is 49.9 Å². The number of amides is 2. The number of aryl methyl sites for hydroxylation is 1. The maximum absolute atomic E-state index is 13.2. The monoisotopic (exact) mass is 384 g/mol. The minimum Gasteiger partial charge on any atom is -0.315 e. The summed E-state index contributed by atoms with van der Waals surface area (Å²) < 4.78 is 38.9. The van der Waals surface area contributed by atoms with E-state index in [4.69, 9.17) is 0 Å². The first-order chi connectivity index (χ1) is 12.2. The van der Waals surface area contributed by atoms with E-state index >= 15 is 0 Å². The second-order valence-corrected chi connectivity index (χ2v) is 8.70. The summed E-state index contributed by atoms with van der Waals surface area (Å²) in [5.74, 6) is 0.339. The number of hydrogen-bond acceptors (Lipinski definition) is 3. The van der Waals surface area contributed by atoms with Gasteiger partial charge >= 0.3 is 6.18 Å². The Morgan fingerprint density at radius 1 is 1.31 bits per heavy atom. The van der Waals surface area contributed by atoms with Crippen molar-refractivity contribution in [3.63, 3.8) is 0 Å². The minimum atomic E-state index is -4.40. The van der Waals surface area contributed by atoms with Gasteiger partial charge in [0.05, 0.1) is 10.4 Å². The summed E-state index contributed by atoms with van der Waals surface area (Å²) in [6.07, 6.45) is -2.09. The van der Waals surface area contributed by atoms with Crippen molar-refractivity contribution in [2.24, 2.45) is 0 Å². The lowest BCUT2D eigenvalue weighted by molar-refractivity contribution is -0.137. The first-order valence-corrected chi connectivity index (χ1v) is 9.67. The maximum Gasteiger partial charge on any atom is 0.416 e. The van der Waals surface area contributed by atoms with Crippen LogP contribution in [0.1, 0.15) is 37.3 Å². The Bertz CT molecular complexity index is 782. The average Bonchev–Trinajstić information content (AvgIpc) is 3.09. The number of thioether (sulfide) groups is 1. The lowest BCUT2D eigenvalue weighted by Crippen LogP contribution is -2.52. The Morgan fingerprint density at radius 3 is 2.81 bits per heavy atom. The number of alkyl halides is 3. The van der Waals surface area contributed by atoms with Crippen LogP contribution in [0.2, 0.25) is 0 Å². The molecule has 0 aromatic heterocycles. The standard InChI is InChI=1S/C18H19F3N2O2S/c1-17-7-6-15(24)23(17)14(10-26-17)16(25)22-8-2-3-11-9-12(18(19,20)21)4-5-13(11)22/h4-5,9,14H,2-3,6-8,10H2,1H3/t14-,17-/m1/s1. The summed E-state index contributed by atoms with van der Waals surface area (Å²) in [6.45, 7) is 2.45. The Labute approximate surface area is 153 Å². The predicted molar refractivity (Wildman–Crippen MR) is 92.8 cm³/mol. The molecule has 4 rings (SSSR count). The van der Waals surface area contributed by atoms with Crippen LogP contribution in [0.3, 0.4) is 0 Å². The molecule has 8 heteroatoms. The van der Waals surface area contributed by atoms with Crippen LogP contribution in [0, 0.1) is 0 Å². The molecule has 0 saturated carbocycles. The van der Waals surface area contributed by atoms with Crippen LogP contribution in [0.5, 0.6) is 0 Å². The SMILES string of the molecule is C[C@@]12CCC(=O)N1[C@@H](C(=O)N1CCCc3cc(C(F)(F)F)ccc31)CS2. The Morgan fingerprint density at radius 2 is 2.08 bits per heavy atom. The van der Waals surface area contributed by atoms with Crippen LogP contribution in [0.25, 0.3) is 0 Å². The highest BCUT2D eigenvalue weighted by Gasteiger charge is 2.53. The van der Waals surface area contributed by atoms with E-state index in [0.717, 1.165) is 18.6 Å². The molecule has 0 bridgehead atoms. The largest absolute Gasteiger partial charge is 0.416 e. The van der Waals surface area contributed by atoms with Crippen LogP contribution in [-0.2, 0) is 22.2 Å². The fraction of sp³-hybridized carbons (Fsp3) is 0.556. The molecule has 0 aliphatic carbocycles. The van der Waals surface area contributed by atoms with E-state index < -0.39 is 17.8 Å². The van der Waals surface area contributed by atoms with Gasteiger partial charge in [0.2, 0.25) is 5.91 Å². The van der Waals surface area contributed by atoms with Crippen molar-refractivity contribution in [1.82, 2.24) is 4.90 Å². The summed E-state index contributed by atoms with van der Waals surface area (Å²) in [6, 6.07) is 3.03. The lowest BCUT2D eigenvalue weighted by atomic mass is 9.98. The molecule has 0 unspecified atom stereocenters. The molecule has 2 atom stereocenters. The van der Waals surface area contributed by atoms with Crippen molar-refractivity contribution in [3.8, 4) is 0 Å². The van der Waals surface area contributed by atoms with Crippen molar-refractivity contribution in [1.29, 1.82) is 0 Å². The zero-order valence-electron chi connectivity index (χ0n) is 14.3. The fourth-order valence-corrected chi connectivity index (χ4v) is 5.61. The minimum absolute atomic E-state index is 0.0134. The van der Waals surface area contributed by atoms with Crippen molar-refractivity contribution in [2.75, 3.05) is 17.2 Å². The molecule has 2 fully saturated rings. The smallest absolute Gasteiger partial charge is 0.315 e. The summed E-state index contributed by atoms with van der Waals surface area (Å²) in [4.78, 5) is 28.4. The van der Waals surface area contributed by atoms with E-state index in [-0.39, 0.29) is 16.7 Å². The quantitative estimate of drug-likeness (QED) is 0.745. The number of carbonyl (C=O) groups excluding carboxylic acids is 2. The molecule has 3 aliphatic heterocycles. The zero-order valence-corrected chi connectivity index (χ0v) is 15.1. The van der Waals surface area contributed by atoms with E-state index in [2.05, 4.69) is 0 Å². The Hall–Kier alpha value is -1.70. The molecule has 3 aliphatic rings. The van der Waals surface area contributed by atoms with Crippen LogP contribution >= 0.6 is 11.8 Å². The highest BCUT2D eigenvalue weighted by molar-refractivity contribution is 8.01. The molecule has 26 heavy (non-hydrogen) atoms. The molecule has 140 valence electrons. The van der Waals surface area contributed by atoms with Gasteiger partial charge in [-0.25, -0.2) is 0 Å². The van der Waals surface area contributed by atoms with Gasteiger partial charge in [0.25, 0.3) is 5.91 Å². The molecule has 4 nitrogen and oxygen atoms in total. The highest BCUT2D eigenvalue weighted by Crippen LogP contribution is 2.48. The number of halogens is 3. The first kappa shape index (κ1) is 17.7. The highest BCUT2D eigenvalue weighted by atomic mass is 32.2. The van der Waals surface area contributed by atoms with Crippen molar-refractivity contribution in [3.05, 3.63) is 29.3 Å².